The topological polar surface area (TPSA) is 52.1 Å². The van der Waals surface area contributed by atoms with Crippen molar-refractivity contribution in [2.75, 3.05) is 0 Å². The molecule has 0 fully saturated rings. The first kappa shape index (κ1) is 8.21. The third-order valence-corrected chi connectivity index (χ3v) is 0.994. The molecule has 0 amide bonds. The predicted molar refractivity (Wildman–Crippen MR) is 40.9 cm³/mol. The van der Waals surface area contributed by atoms with Gasteiger partial charge in [0.15, 0.2) is 0 Å². The summed E-state index contributed by atoms with van der Waals surface area (Å²) in [6.07, 6.45) is 5.09. The number of carbonyl (C=O) groups excluding carboxylic acids is 1. The second kappa shape index (κ2) is 4.09. The lowest BCUT2D eigenvalue weighted by Gasteiger charge is -1.92. The van der Waals surface area contributed by atoms with Crippen LogP contribution in [-0.4, -0.2) is 15.9 Å². The number of ether oxygens (including phenoxy) is 1. The van der Waals surface area contributed by atoms with E-state index in [1.165, 1.54) is 12.4 Å². The normalized spacial score (nSPS) is 8.08. The highest BCUT2D eigenvalue weighted by Crippen LogP contribution is 1.90. The highest BCUT2D eigenvalue weighted by atomic mass is 16.5. The first-order chi connectivity index (χ1) is 5.84. The van der Waals surface area contributed by atoms with Crippen molar-refractivity contribution in [3.05, 3.63) is 24.3 Å². The van der Waals surface area contributed by atoms with E-state index in [2.05, 4.69) is 26.7 Å². The Hall–Kier alpha value is -1.89. The summed E-state index contributed by atoms with van der Waals surface area (Å²) in [5, 5.41) is 0. The van der Waals surface area contributed by atoms with Gasteiger partial charge in [-0.05, 0) is 6.07 Å². The fourth-order valence-corrected chi connectivity index (χ4v) is 0.548. The number of nitrogens with zero attached hydrogens (tertiary/aromatic N) is 2. The van der Waals surface area contributed by atoms with Crippen LogP contribution in [-0.2, 0) is 4.74 Å². The standard InChI is InChI=1S/C8H6N2O2/c1-2-6-12-8(11)7-9-4-3-5-10-7/h3-5H,1H3. The van der Waals surface area contributed by atoms with Gasteiger partial charge in [-0.25, -0.2) is 14.8 Å². The number of rotatable bonds is 1. The van der Waals surface area contributed by atoms with Crippen molar-refractivity contribution in [3.8, 4) is 12.0 Å². The Bertz CT molecular complexity index is 324. The predicted octanol–water partition coefficient (Wildman–Crippen LogP) is 0.614. The van der Waals surface area contributed by atoms with Crippen molar-refractivity contribution in [3.63, 3.8) is 0 Å². The monoisotopic (exact) mass is 162 g/mol. The third-order valence-electron chi connectivity index (χ3n) is 0.994. The summed E-state index contributed by atoms with van der Waals surface area (Å²) in [6.45, 7) is 1.57. The molecule has 1 aromatic heterocycles. The van der Waals surface area contributed by atoms with Crippen molar-refractivity contribution >= 4 is 5.97 Å². The third kappa shape index (κ3) is 2.06. The molecule has 0 saturated heterocycles. The van der Waals surface area contributed by atoms with Crippen molar-refractivity contribution in [2.24, 2.45) is 0 Å². The maximum Gasteiger partial charge on any atom is 0.390 e. The van der Waals surface area contributed by atoms with Gasteiger partial charge in [0, 0.05) is 19.3 Å². The van der Waals surface area contributed by atoms with Crippen LogP contribution in [0.5, 0.6) is 0 Å². The van der Waals surface area contributed by atoms with E-state index in [1.807, 2.05) is 0 Å². The van der Waals surface area contributed by atoms with Crippen LogP contribution in [0.1, 0.15) is 17.5 Å². The molecule has 12 heavy (non-hydrogen) atoms. The van der Waals surface area contributed by atoms with Gasteiger partial charge < -0.3 is 4.74 Å². The highest BCUT2D eigenvalue weighted by Gasteiger charge is 2.07. The first-order valence-electron chi connectivity index (χ1n) is 3.24. The molecule has 1 aromatic rings. The van der Waals surface area contributed by atoms with Gasteiger partial charge in [0.1, 0.15) is 6.11 Å². The van der Waals surface area contributed by atoms with Crippen molar-refractivity contribution < 1.29 is 9.53 Å². The molecule has 0 spiro atoms. The Morgan fingerprint density at radius 3 is 2.75 bits per heavy atom. The van der Waals surface area contributed by atoms with Crippen LogP contribution >= 0.6 is 0 Å². The molecule has 0 bridgehead atoms. The van der Waals surface area contributed by atoms with Crippen LogP contribution in [0, 0.1) is 12.0 Å². The fraction of sp³-hybridized carbons (Fsp3) is 0.125. The van der Waals surface area contributed by atoms with Crippen molar-refractivity contribution in [1.29, 1.82) is 0 Å². The average Bonchev–Trinajstić information content (AvgIpc) is 2.15. The van der Waals surface area contributed by atoms with E-state index in [1.54, 1.807) is 13.0 Å². The highest BCUT2D eigenvalue weighted by molar-refractivity contribution is 5.85. The zero-order valence-electron chi connectivity index (χ0n) is 6.44. The Morgan fingerprint density at radius 2 is 2.17 bits per heavy atom. The molecule has 1 rings (SSSR count). The molecule has 0 aliphatic heterocycles. The largest absolute Gasteiger partial charge is 0.390 e. The Balaban J connectivity index is 2.70. The number of hydrogen-bond acceptors (Lipinski definition) is 4. The second-order valence-electron chi connectivity index (χ2n) is 1.81. The van der Waals surface area contributed by atoms with Gasteiger partial charge in [-0.3, -0.25) is 0 Å². The van der Waals surface area contributed by atoms with E-state index in [-0.39, 0.29) is 5.82 Å². The minimum atomic E-state index is -0.634. The Morgan fingerprint density at radius 1 is 1.50 bits per heavy atom. The maximum absolute atomic E-state index is 11.0. The molecule has 0 atom stereocenters. The molecule has 0 saturated carbocycles. The fourth-order valence-electron chi connectivity index (χ4n) is 0.548. The average molecular weight is 162 g/mol. The molecular weight excluding hydrogens is 156 g/mol. The molecule has 1 heterocycles. The number of aromatic nitrogens is 2. The van der Waals surface area contributed by atoms with Crippen LogP contribution in [0.3, 0.4) is 0 Å². The van der Waals surface area contributed by atoms with Crippen LogP contribution in [0.25, 0.3) is 0 Å². The number of carbonyl (C=O) groups is 1. The molecule has 4 heteroatoms. The van der Waals surface area contributed by atoms with Gasteiger partial charge in [-0.2, -0.15) is 0 Å². The van der Waals surface area contributed by atoms with E-state index < -0.39 is 5.97 Å². The molecular formula is C8H6N2O2. The summed E-state index contributed by atoms with van der Waals surface area (Å²) < 4.78 is 4.45. The quantitative estimate of drug-likeness (QED) is 0.448. The van der Waals surface area contributed by atoms with Gasteiger partial charge in [-0.1, -0.05) is 5.92 Å². The summed E-state index contributed by atoms with van der Waals surface area (Å²) in [5.74, 6) is 1.80. The van der Waals surface area contributed by atoms with Gasteiger partial charge in [0.05, 0.1) is 0 Å². The zero-order valence-corrected chi connectivity index (χ0v) is 6.44. The molecule has 0 radical (unpaired) electrons. The lowest BCUT2D eigenvalue weighted by atomic mass is 10.5. The lowest BCUT2D eigenvalue weighted by molar-refractivity contribution is 0.0677. The van der Waals surface area contributed by atoms with Gasteiger partial charge in [0.25, 0.3) is 0 Å². The summed E-state index contributed by atoms with van der Waals surface area (Å²) >= 11 is 0. The van der Waals surface area contributed by atoms with Gasteiger partial charge in [0.2, 0.25) is 5.82 Å². The van der Waals surface area contributed by atoms with E-state index >= 15 is 0 Å². The van der Waals surface area contributed by atoms with E-state index in [0.717, 1.165) is 0 Å². The summed E-state index contributed by atoms with van der Waals surface area (Å²) in [5.41, 5.74) is 0. The smallest absolute Gasteiger partial charge is 0.366 e. The lowest BCUT2D eigenvalue weighted by Crippen LogP contribution is -2.05. The molecule has 0 aromatic carbocycles. The molecule has 60 valence electrons. The molecule has 0 aliphatic carbocycles. The second-order valence-corrected chi connectivity index (χ2v) is 1.81. The van der Waals surface area contributed by atoms with Crippen LogP contribution in [0.15, 0.2) is 18.5 Å². The Labute approximate surface area is 69.6 Å². The van der Waals surface area contributed by atoms with Gasteiger partial charge >= 0.3 is 5.97 Å². The summed E-state index contributed by atoms with van der Waals surface area (Å²) in [4.78, 5) is 18.3. The number of hydrogen-bond donors (Lipinski definition) is 0. The summed E-state index contributed by atoms with van der Waals surface area (Å²) in [7, 11) is 0. The van der Waals surface area contributed by atoms with Crippen LogP contribution < -0.4 is 0 Å². The molecule has 0 N–H and O–H groups in total. The zero-order chi connectivity index (χ0) is 8.81. The summed E-state index contributed by atoms with van der Waals surface area (Å²) in [6, 6.07) is 1.61. The minimum absolute atomic E-state index is 0.0141. The molecule has 0 aliphatic rings. The van der Waals surface area contributed by atoms with Gasteiger partial charge in [-0.15, -0.1) is 0 Å². The van der Waals surface area contributed by atoms with Crippen LogP contribution in [0.4, 0.5) is 0 Å². The van der Waals surface area contributed by atoms with Crippen molar-refractivity contribution in [1.82, 2.24) is 9.97 Å². The first-order valence-corrected chi connectivity index (χ1v) is 3.24. The minimum Gasteiger partial charge on any atom is -0.366 e. The van der Waals surface area contributed by atoms with Crippen LogP contribution in [0.2, 0.25) is 0 Å². The molecule has 4 nitrogen and oxygen atoms in total. The number of esters is 1. The molecule has 0 unspecified atom stereocenters. The SMILES string of the molecule is CC#COC(=O)c1ncccn1. The van der Waals surface area contributed by atoms with E-state index in [4.69, 9.17) is 0 Å². The van der Waals surface area contributed by atoms with Crippen molar-refractivity contribution in [2.45, 2.75) is 6.92 Å². The van der Waals surface area contributed by atoms with E-state index in [9.17, 15) is 4.79 Å². The maximum atomic E-state index is 11.0. The van der Waals surface area contributed by atoms with E-state index in [0.29, 0.717) is 0 Å². The Kier molecular flexibility index (Phi) is 2.79.